The Hall–Kier alpha value is -0.470. The summed E-state index contributed by atoms with van der Waals surface area (Å²) in [5.41, 5.74) is 3.83. The van der Waals surface area contributed by atoms with Gasteiger partial charge in [-0.25, -0.2) is 0 Å². The quantitative estimate of drug-likeness (QED) is 0.331. The zero-order valence-electron chi connectivity index (χ0n) is 13.9. The third-order valence-electron chi connectivity index (χ3n) is 4.97. The van der Waals surface area contributed by atoms with Crippen LogP contribution in [0.15, 0.2) is 64.8 Å². The predicted molar refractivity (Wildman–Crippen MR) is 91.1 cm³/mol. The minimum Gasteiger partial charge on any atom is -1.00 e. The molecule has 1 unspecified atom stereocenters. The van der Waals surface area contributed by atoms with Crippen LogP contribution in [0, 0.1) is 0 Å². The van der Waals surface area contributed by atoms with Gasteiger partial charge in [-0.1, -0.05) is 24.7 Å². The molecule has 0 N–H and O–H groups in total. The van der Waals surface area contributed by atoms with E-state index in [9.17, 15) is 0 Å². The Bertz CT molecular complexity index is 833. The maximum Gasteiger partial charge on any atom is 3.00 e. The van der Waals surface area contributed by atoms with Gasteiger partial charge in [0.15, 0.2) is 0 Å². The van der Waals surface area contributed by atoms with Crippen molar-refractivity contribution < 1.29 is 55.4 Å². The Morgan fingerprint density at radius 2 is 1.75 bits per heavy atom. The number of hydrogen-bond acceptors (Lipinski definition) is 1. The van der Waals surface area contributed by atoms with Crippen LogP contribution in [0.3, 0.4) is 0 Å². The van der Waals surface area contributed by atoms with Crippen LogP contribution in [0.4, 0.5) is 0 Å². The summed E-state index contributed by atoms with van der Waals surface area (Å²) in [4.78, 5) is 0. The molecule has 1 nitrogen and oxygen atoms in total. The topological polar surface area (TPSA) is 13.1 Å². The Labute approximate surface area is 175 Å². The SMILES string of the molecule is CC1=C2c3occc3C1[Si]2(C)C.[Cl-].[Cl-].[Zr+3].c1ccc2[cH-]ccc2c1. The molecule has 1 aliphatic carbocycles. The van der Waals surface area contributed by atoms with E-state index < -0.39 is 8.07 Å². The standard InChI is InChI=1S/C10H12OSi.C9H7.2ClH.Zr/c1-6-9-7-4-5-11-8(7)10(6)12(9,2)3;1-2-5-9-7-3-6-8(9)4-1;;;/h4-5,9H,1-3H3;1-7H;2*1H;/q;-1;;;+3/p-2. The van der Waals surface area contributed by atoms with E-state index in [1.807, 2.05) is 6.26 Å². The zero-order valence-corrected chi connectivity index (χ0v) is 18.9. The molecule has 1 aromatic heterocycles. The van der Waals surface area contributed by atoms with Gasteiger partial charge >= 0.3 is 26.2 Å². The first kappa shape index (κ1) is 21.6. The van der Waals surface area contributed by atoms with Crippen LogP contribution in [0.1, 0.15) is 23.8 Å². The fourth-order valence-electron chi connectivity index (χ4n) is 4.17. The fourth-order valence-corrected chi connectivity index (χ4v) is 8.42. The van der Waals surface area contributed by atoms with Crippen LogP contribution in [0.25, 0.3) is 16.0 Å². The molecule has 123 valence electrons. The molecule has 3 aromatic rings. The summed E-state index contributed by atoms with van der Waals surface area (Å²) >= 11 is 0. The van der Waals surface area contributed by atoms with Crippen molar-refractivity contribution >= 4 is 24.0 Å². The predicted octanol–water partition coefficient (Wildman–Crippen LogP) is -0.485. The molecule has 1 radical (unpaired) electrons. The molecule has 0 saturated heterocycles. The smallest absolute Gasteiger partial charge is 1.00 e. The molecule has 2 aromatic carbocycles. The minimum absolute atomic E-state index is 0. The summed E-state index contributed by atoms with van der Waals surface area (Å²) in [5.74, 6) is 1.22. The Balaban J connectivity index is 0.000000220. The number of benzene rings is 1. The fraction of sp³-hybridized carbons (Fsp3) is 0.211. The molecule has 24 heavy (non-hydrogen) atoms. The molecule has 2 bridgehead atoms. The van der Waals surface area contributed by atoms with Gasteiger partial charge in [0, 0.05) is 11.1 Å². The van der Waals surface area contributed by atoms with Crippen LogP contribution in [-0.2, 0) is 26.2 Å². The molecule has 0 amide bonds. The summed E-state index contributed by atoms with van der Waals surface area (Å²) in [5, 5.41) is 4.25. The van der Waals surface area contributed by atoms with Gasteiger partial charge in [0.25, 0.3) is 0 Å². The normalized spacial score (nSPS) is 18.2. The van der Waals surface area contributed by atoms with Crippen molar-refractivity contribution in [1.82, 2.24) is 0 Å². The second-order valence-electron chi connectivity index (χ2n) is 6.57. The van der Waals surface area contributed by atoms with Crippen molar-refractivity contribution in [2.24, 2.45) is 0 Å². The second-order valence-corrected chi connectivity index (χ2v) is 11.1. The molecule has 0 spiro atoms. The van der Waals surface area contributed by atoms with E-state index in [4.69, 9.17) is 4.42 Å². The summed E-state index contributed by atoms with van der Waals surface area (Å²) < 4.78 is 5.51. The number of furan rings is 1. The van der Waals surface area contributed by atoms with Gasteiger partial charge in [-0.3, -0.25) is 0 Å². The maximum atomic E-state index is 5.51. The average molecular weight is 454 g/mol. The van der Waals surface area contributed by atoms with Crippen LogP contribution >= 0.6 is 0 Å². The largest absolute Gasteiger partial charge is 3.00 e. The van der Waals surface area contributed by atoms with Gasteiger partial charge in [0.1, 0.15) is 5.76 Å². The van der Waals surface area contributed by atoms with Crippen molar-refractivity contribution in [3.8, 4) is 0 Å². The number of hydrogen-bond donors (Lipinski definition) is 0. The molecule has 0 fully saturated rings. The third kappa shape index (κ3) is 3.05. The van der Waals surface area contributed by atoms with E-state index >= 15 is 0 Å². The first-order valence-corrected chi connectivity index (χ1v) is 10.6. The number of rotatable bonds is 0. The van der Waals surface area contributed by atoms with Gasteiger partial charge in [-0.05, 0) is 18.2 Å². The van der Waals surface area contributed by atoms with E-state index in [0.29, 0.717) is 0 Å². The van der Waals surface area contributed by atoms with Crippen molar-refractivity contribution in [2.45, 2.75) is 25.6 Å². The van der Waals surface area contributed by atoms with Crippen molar-refractivity contribution in [1.29, 1.82) is 0 Å². The molecule has 1 atom stereocenters. The Morgan fingerprint density at radius 3 is 2.38 bits per heavy atom. The van der Waals surface area contributed by atoms with Gasteiger partial charge in [-0.15, -0.1) is 29.7 Å². The van der Waals surface area contributed by atoms with Crippen LogP contribution in [-0.4, -0.2) is 8.07 Å². The summed E-state index contributed by atoms with van der Waals surface area (Å²) in [6, 6.07) is 16.8. The Morgan fingerprint density at radius 1 is 1.04 bits per heavy atom. The van der Waals surface area contributed by atoms with Crippen LogP contribution in [0.5, 0.6) is 0 Å². The number of allylic oxidation sites excluding steroid dienone is 1. The van der Waals surface area contributed by atoms with Crippen LogP contribution in [0.2, 0.25) is 13.1 Å². The third-order valence-corrected chi connectivity index (χ3v) is 9.07. The van der Waals surface area contributed by atoms with E-state index in [1.54, 1.807) is 10.8 Å². The maximum absolute atomic E-state index is 5.51. The van der Waals surface area contributed by atoms with E-state index in [1.165, 1.54) is 22.1 Å². The molecule has 5 heteroatoms. The molecule has 0 saturated carbocycles. The second kappa shape index (κ2) is 7.83. The first-order chi connectivity index (χ1) is 10.1. The first-order valence-electron chi connectivity index (χ1n) is 7.50. The zero-order chi connectivity index (χ0) is 14.6. The number of halogens is 2. The van der Waals surface area contributed by atoms with Crippen molar-refractivity contribution in [2.75, 3.05) is 0 Å². The number of fused-ring (bicyclic) bond motifs is 1. The monoisotopic (exact) mass is 451 g/mol. The van der Waals surface area contributed by atoms with Crippen molar-refractivity contribution in [3.05, 3.63) is 71.7 Å². The van der Waals surface area contributed by atoms with Crippen LogP contribution < -0.4 is 24.8 Å². The minimum atomic E-state index is -1.08. The molecule has 3 aliphatic rings. The summed E-state index contributed by atoms with van der Waals surface area (Å²) in [6.45, 7) is 7.14. The van der Waals surface area contributed by atoms with Gasteiger partial charge in [-0.2, -0.15) is 17.5 Å². The Kier molecular flexibility index (Phi) is 7.03. The van der Waals surface area contributed by atoms with Gasteiger partial charge < -0.3 is 29.2 Å². The van der Waals surface area contributed by atoms with Gasteiger partial charge in [0.05, 0.1) is 14.3 Å². The van der Waals surface area contributed by atoms with E-state index in [2.05, 4.69) is 68.5 Å². The molecule has 2 aliphatic heterocycles. The molecule has 6 rings (SSSR count). The molecular weight excluding hydrogens is 434 g/mol. The van der Waals surface area contributed by atoms with Crippen molar-refractivity contribution in [3.63, 3.8) is 0 Å². The average Bonchev–Trinajstić information content (AvgIpc) is 3.14. The molecule has 3 heterocycles. The summed E-state index contributed by atoms with van der Waals surface area (Å²) in [7, 11) is -1.08. The summed E-state index contributed by atoms with van der Waals surface area (Å²) in [6.07, 6.45) is 1.83. The van der Waals surface area contributed by atoms with Gasteiger partial charge in [0.2, 0.25) is 0 Å². The van der Waals surface area contributed by atoms with E-state index in [0.717, 1.165) is 5.54 Å². The molecular formula is C19H19Cl2OSiZr. The van der Waals surface area contributed by atoms with E-state index in [-0.39, 0.29) is 51.0 Å².